The summed E-state index contributed by atoms with van der Waals surface area (Å²) in [6.07, 6.45) is 4.98. The van der Waals surface area contributed by atoms with Gasteiger partial charge in [0.1, 0.15) is 5.78 Å². The van der Waals surface area contributed by atoms with Crippen molar-refractivity contribution < 1.29 is 9.90 Å². The molecule has 4 unspecified atom stereocenters. The highest BCUT2D eigenvalue weighted by Gasteiger charge is 2.93. The molecule has 0 aromatic heterocycles. The predicted octanol–water partition coefficient (Wildman–Crippen LogP) is 3.18. The molecule has 0 aromatic rings. The van der Waals surface area contributed by atoms with Gasteiger partial charge in [0, 0.05) is 0 Å². The number of fused-ring (bicyclic) bond motifs is 1. The number of hydrogen-bond donors (Lipinski definition) is 1. The van der Waals surface area contributed by atoms with Crippen molar-refractivity contribution in [1.29, 1.82) is 0 Å². The Kier molecular flexibility index (Phi) is 1.92. The van der Waals surface area contributed by atoms with Gasteiger partial charge in [0.25, 0.3) is 0 Å². The first-order valence-electron chi connectivity index (χ1n) is 7.90. The third-order valence-electron chi connectivity index (χ3n) is 7.84. The molecule has 1 N–H and O–H groups in total. The van der Waals surface area contributed by atoms with E-state index in [4.69, 9.17) is 0 Å². The summed E-state index contributed by atoms with van der Waals surface area (Å²) in [6.45, 7) is 8.90. The Bertz CT molecular complexity index is 476. The molecule has 0 amide bonds. The third kappa shape index (κ3) is 1.17. The molecule has 0 aliphatic heterocycles. The van der Waals surface area contributed by atoms with Crippen molar-refractivity contribution >= 4 is 5.78 Å². The van der Waals surface area contributed by atoms with Crippen molar-refractivity contribution in [3.8, 4) is 0 Å². The Morgan fingerprint density at radius 1 is 1.32 bits per heavy atom. The van der Waals surface area contributed by atoms with Crippen LogP contribution in [0.15, 0.2) is 0 Å². The summed E-state index contributed by atoms with van der Waals surface area (Å²) in [7, 11) is 0. The van der Waals surface area contributed by atoms with Crippen LogP contribution >= 0.6 is 0 Å². The van der Waals surface area contributed by atoms with Crippen LogP contribution in [0.4, 0.5) is 0 Å². The zero-order valence-electron chi connectivity index (χ0n) is 12.6. The summed E-state index contributed by atoms with van der Waals surface area (Å²) in [5.41, 5.74) is 1.30. The molecule has 19 heavy (non-hydrogen) atoms. The molecular formula is C17H26O2. The quantitative estimate of drug-likeness (QED) is 0.845. The molecule has 0 heterocycles. The largest absolute Gasteiger partial charge is 0.392 e. The normalized spacial score (nSPS) is 52.1. The van der Waals surface area contributed by atoms with E-state index in [1.165, 1.54) is 12.8 Å². The lowest BCUT2D eigenvalue weighted by Crippen LogP contribution is -2.34. The van der Waals surface area contributed by atoms with Crippen molar-refractivity contribution in [2.45, 2.75) is 65.9 Å². The van der Waals surface area contributed by atoms with Crippen molar-refractivity contribution in [3.63, 3.8) is 0 Å². The summed E-state index contributed by atoms with van der Waals surface area (Å²) in [5.74, 6) is 1.70. The summed E-state index contributed by atoms with van der Waals surface area (Å²) in [4.78, 5) is 11.7. The van der Waals surface area contributed by atoms with E-state index in [2.05, 4.69) is 20.8 Å². The Morgan fingerprint density at radius 2 is 1.95 bits per heavy atom. The van der Waals surface area contributed by atoms with Gasteiger partial charge in [-0.3, -0.25) is 4.79 Å². The number of Topliss-reactive ketones (excluding diaryl/α,β-unsaturated/α-hetero) is 1. The van der Waals surface area contributed by atoms with Gasteiger partial charge < -0.3 is 5.11 Å². The van der Waals surface area contributed by atoms with E-state index < -0.39 is 6.10 Å². The minimum atomic E-state index is -0.395. The van der Waals surface area contributed by atoms with Crippen LogP contribution in [-0.4, -0.2) is 17.0 Å². The summed E-state index contributed by atoms with van der Waals surface area (Å²) in [5, 5.41) is 10.5. The van der Waals surface area contributed by atoms with E-state index in [0.29, 0.717) is 22.2 Å². The van der Waals surface area contributed by atoms with Gasteiger partial charge in [0.2, 0.25) is 0 Å². The molecule has 1 spiro atoms. The summed E-state index contributed by atoms with van der Waals surface area (Å²) < 4.78 is 0. The third-order valence-corrected chi connectivity index (χ3v) is 7.84. The number of rotatable bonds is 4. The second-order valence-electron chi connectivity index (χ2n) is 8.87. The lowest BCUT2D eigenvalue weighted by Gasteiger charge is -2.35. The van der Waals surface area contributed by atoms with E-state index in [1.807, 2.05) is 0 Å². The van der Waals surface area contributed by atoms with Crippen molar-refractivity contribution in [3.05, 3.63) is 0 Å². The molecule has 0 aromatic carbocycles. The molecule has 0 radical (unpaired) electrons. The summed E-state index contributed by atoms with van der Waals surface area (Å²) >= 11 is 0. The Labute approximate surface area is 116 Å². The first-order chi connectivity index (χ1) is 8.71. The van der Waals surface area contributed by atoms with Gasteiger partial charge in [-0.1, -0.05) is 20.8 Å². The molecular weight excluding hydrogens is 236 g/mol. The van der Waals surface area contributed by atoms with Crippen LogP contribution in [0.25, 0.3) is 0 Å². The highest BCUT2D eigenvalue weighted by Crippen LogP contribution is 2.99. The first kappa shape index (κ1) is 12.4. The maximum absolute atomic E-state index is 11.7. The molecule has 0 saturated heterocycles. The first-order valence-corrected chi connectivity index (χ1v) is 7.90. The molecule has 4 aliphatic rings. The molecule has 2 heteroatoms. The van der Waals surface area contributed by atoms with Gasteiger partial charge in [-0.05, 0) is 67.1 Å². The minimum Gasteiger partial charge on any atom is -0.392 e. The lowest BCUT2D eigenvalue weighted by molar-refractivity contribution is -0.127. The number of aliphatic hydroxyl groups is 1. The fourth-order valence-corrected chi connectivity index (χ4v) is 6.36. The van der Waals surface area contributed by atoms with E-state index in [-0.39, 0.29) is 11.2 Å². The number of aliphatic hydroxyl groups excluding tert-OH is 1. The second kappa shape index (κ2) is 2.95. The Hall–Kier alpha value is -0.370. The standard InChI is InChI=1S/C17H26O2/c1-10(18)16(5-6-16)12(19)7-11-8-17-9-15(17,4)13(17)14(11,2)3/h11-13,19H,5-9H2,1-4H3/t11?,12?,13-,15?,17?/m0/s1. The average Bonchev–Trinajstić information content (AvgIpc) is 3.13. The fourth-order valence-electron chi connectivity index (χ4n) is 6.36. The number of carbonyl (C=O) groups is 1. The van der Waals surface area contributed by atoms with Crippen LogP contribution in [0, 0.1) is 33.5 Å². The van der Waals surface area contributed by atoms with Crippen molar-refractivity contribution in [2.75, 3.05) is 0 Å². The average molecular weight is 262 g/mol. The zero-order chi connectivity index (χ0) is 13.8. The van der Waals surface area contributed by atoms with Crippen molar-refractivity contribution in [1.82, 2.24) is 0 Å². The van der Waals surface area contributed by atoms with Crippen LogP contribution in [0.5, 0.6) is 0 Å². The monoisotopic (exact) mass is 262 g/mol. The second-order valence-corrected chi connectivity index (χ2v) is 8.87. The molecule has 0 bridgehead atoms. The van der Waals surface area contributed by atoms with Crippen LogP contribution < -0.4 is 0 Å². The van der Waals surface area contributed by atoms with Gasteiger partial charge >= 0.3 is 0 Å². The molecule has 4 saturated carbocycles. The molecule has 106 valence electrons. The van der Waals surface area contributed by atoms with Crippen LogP contribution in [0.2, 0.25) is 0 Å². The fraction of sp³-hybridized carbons (Fsp3) is 0.941. The van der Waals surface area contributed by atoms with Crippen LogP contribution in [0.3, 0.4) is 0 Å². The highest BCUT2D eigenvalue weighted by atomic mass is 16.3. The van der Waals surface area contributed by atoms with Gasteiger partial charge in [0.15, 0.2) is 0 Å². The van der Waals surface area contributed by atoms with E-state index >= 15 is 0 Å². The number of hydrogen-bond acceptors (Lipinski definition) is 2. The maximum Gasteiger partial charge on any atom is 0.138 e. The zero-order valence-corrected chi connectivity index (χ0v) is 12.6. The van der Waals surface area contributed by atoms with Gasteiger partial charge in [0.05, 0.1) is 11.5 Å². The lowest BCUT2D eigenvalue weighted by atomic mass is 9.70. The Balaban J connectivity index is 1.49. The molecule has 4 fully saturated rings. The van der Waals surface area contributed by atoms with E-state index in [9.17, 15) is 9.90 Å². The molecule has 4 aliphatic carbocycles. The maximum atomic E-state index is 11.7. The molecule has 5 atom stereocenters. The van der Waals surface area contributed by atoms with E-state index in [0.717, 1.165) is 25.2 Å². The smallest absolute Gasteiger partial charge is 0.138 e. The Morgan fingerprint density at radius 3 is 2.32 bits per heavy atom. The van der Waals surface area contributed by atoms with Crippen LogP contribution in [0.1, 0.15) is 59.8 Å². The van der Waals surface area contributed by atoms with Crippen molar-refractivity contribution in [2.24, 2.45) is 33.5 Å². The number of ketones is 1. The molecule has 4 rings (SSSR count). The number of carbonyl (C=O) groups excluding carboxylic acids is 1. The SMILES string of the molecule is CC(=O)C1(C(O)CC2CC34CC3(C)[C@@H]4C2(C)C)CC1. The highest BCUT2D eigenvalue weighted by molar-refractivity contribution is 5.85. The summed E-state index contributed by atoms with van der Waals surface area (Å²) in [6, 6.07) is 0. The minimum absolute atomic E-state index is 0.204. The van der Waals surface area contributed by atoms with E-state index in [1.54, 1.807) is 6.92 Å². The molecule has 2 nitrogen and oxygen atoms in total. The van der Waals surface area contributed by atoms with Gasteiger partial charge in [-0.25, -0.2) is 0 Å². The van der Waals surface area contributed by atoms with Gasteiger partial charge in [-0.15, -0.1) is 0 Å². The van der Waals surface area contributed by atoms with Gasteiger partial charge in [-0.2, -0.15) is 0 Å². The topological polar surface area (TPSA) is 37.3 Å². The van der Waals surface area contributed by atoms with Crippen LogP contribution in [-0.2, 0) is 4.79 Å². The predicted molar refractivity (Wildman–Crippen MR) is 73.5 cm³/mol.